The van der Waals surface area contributed by atoms with E-state index in [4.69, 9.17) is 4.99 Å². The SMILES string of the molecule is Cc1ccc(N=C2SCC(C)N2C)c(C)c1. The third-order valence-corrected chi connectivity index (χ3v) is 4.27. The molecule has 1 atom stereocenters. The predicted octanol–water partition coefficient (Wildman–Crippen LogP) is 3.36. The van der Waals surface area contributed by atoms with Crippen molar-refractivity contribution in [3.8, 4) is 0 Å². The van der Waals surface area contributed by atoms with E-state index in [1.165, 1.54) is 11.1 Å². The number of benzene rings is 1. The minimum atomic E-state index is 0.592. The maximum atomic E-state index is 4.74. The molecule has 1 aromatic rings. The number of aliphatic imine (C=N–C) groups is 1. The third-order valence-electron chi connectivity index (χ3n) is 2.98. The molecule has 0 N–H and O–H groups in total. The summed E-state index contributed by atoms with van der Waals surface area (Å²) in [5.74, 6) is 1.14. The van der Waals surface area contributed by atoms with Gasteiger partial charge in [-0.2, -0.15) is 0 Å². The zero-order valence-corrected chi connectivity index (χ0v) is 11.1. The predicted molar refractivity (Wildman–Crippen MR) is 72.7 cm³/mol. The van der Waals surface area contributed by atoms with Gasteiger partial charge in [0.05, 0.1) is 5.69 Å². The molecule has 1 heterocycles. The number of aryl methyl sites for hydroxylation is 2. The fourth-order valence-electron chi connectivity index (χ4n) is 1.74. The van der Waals surface area contributed by atoms with E-state index in [0.717, 1.165) is 16.6 Å². The molecule has 3 heteroatoms. The molecule has 0 saturated carbocycles. The van der Waals surface area contributed by atoms with Crippen molar-refractivity contribution in [2.24, 2.45) is 4.99 Å². The smallest absolute Gasteiger partial charge is 0.164 e. The Kier molecular flexibility index (Phi) is 3.24. The van der Waals surface area contributed by atoms with Gasteiger partial charge in [-0.05, 0) is 32.4 Å². The molecule has 2 rings (SSSR count). The van der Waals surface area contributed by atoms with E-state index in [0.29, 0.717) is 6.04 Å². The molecule has 1 aliphatic heterocycles. The van der Waals surface area contributed by atoms with Crippen LogP contribution < -0.4 is 0 Å². The number of amidine groups is 1. The Morgan fingerprint density at radius 3 is 2.69 bits per heavy atom. The Balaban J connectivity index is 2.29. The molecule has 1 aromatic carbocycles. The molecule has 0 spiro atoms. The molecular weight excluding hydrogens is 216 g/mol. The van der Waals surface area contributed by atoms with Crippen LogP contribution in [0.25, 0.3) is 0 Å². The van der Waals surface area contributed by atoms with E-state index in [9.17, 15) is 0 Å². The van der Waals surface area contributed by atoms with Gasteiger partial charge in [-0.15, -0.1) is 0 Å². The quantitative estimate of drug-likeness (QED) is 0.740. The van der Waals surface area contributed by atoms with Crippen molar-refractivity contribution in [1.29, 1.82) is 0 Å². The van der Waals surface area contributed by atoms with Crippen molar-refractivity contribution >= 4 is 22.6 Å². The highest BCUT2D eigenvalue weighted by Crippen LogP contribution is 2.27. The van der Waals surface area contributed by atoms with E-state index in [2.05, 4.69) is 50.9 Å². The molecule has 1 unspecified atom stereocenters. The maximum absolute atomic E-state index is 4.74. The average Bonchev–Trinajstić information content (AvgIpc) is 2.54. The second-order valence-corrected chi connectivity index (χ2v) is 5.44. The van der Waals surface area contributed by atoms with Crippen LogP contribution in [-0.4, -0.2) is 28.9 Å². The van der Waals surface area contributed by atoms with Crippen LogP contribution in [0.15, 0.2) is 23.2 Å². The van der Waals surface area contributed by atoms with Crippen LogP contribution in [0.4, 0.5) is 5.69 Å². The first-order valence-corrected chi connectivity index (χ1v) is 6.58. The van der Waals surface area contributed by atoms with Crippen LogP contribution >= 0.6 is 11.8 Å². The van der Waals surface area contributed by atoms with Crippen molar-refractivity contribution < 1.29 is 0 Å². The summed E-state index contributed by atoms with van der Waals surface area (Å²) in [5, 5.41) is 1.14. The fourth-order valence-corrected chi connectivity index (χ4v) is 2.90. The van der Waals surface area contributed by atoms with Crippen LogP contribution in [0, 0.1) is 13.8 Å². The number of hydrogen-bond donors (Lipinski definition) is 0. The first-order valence-electron chi connectivity index (χ1n) is 5.59. The lowest BCUT2D eigenvalue weighted by Gasteiger charge is -2.16. The van der Waals surface area contributed by atoms with Crippen molar-refractivity contribution in [2.45, 2.75) is 26.8 Å². The van der Waals surface area contributed by atoms with Gasteiger partial charge in [0, 0.05) is 18.8 Å². The van der Waals surface area contributed by atoms with Gasteiger partial charge in [0.2, 0.25) is 0 Å². The van der Waals surface area contributed by atoms with Crippen molar-refractivity contribution in [3.05, 3.63) is 29.3 Å². The molecule has 0 bridgehead atoms. The molecule has 1 fully saturated rings. The Labute approximate surface area is 102 Å². The maximum Gasteiger partial charge on any atom is 0.164 e. The molecule has 0 aromatic heterocycles. The summed E-state index contributed by atoms with van der Waals surface area (Å²) in [6, 6.07) is 7.00. The lowest BCUT2D eigenvalue weighted by Crippen LogP contribution is -2.26. The largest absolute Gasteiger partial charge is 0.351 e. The van der Waals surface area contributed by atoms with Crippen molar-refractivity contribution in [1.82, 2.24) is 4.90 Å². The molecular formula is C13H18N2S. The van der Waals surface area contributed by atoms with E-state index in [-0.39, 0.29) is 0 Å². The lowest BCUT2D eigenvalue weighted by atomic mass is 10.1. The number of rotatable bonds is 1. The first-order chi connectivity index (χ1) is 7.58. The van der Waals surface area contributed by atoms with Gasteiger partial charge in [0.1, 0.15) is 0 Å². The molecule has 0 radical (unpaired) electrons. The molecule has 16 heavy (non-hydrogen) atoms. The van der Waals surface area contributed by atoms with E-state index in [1.807, 2.05) is 11.8 Å². The molecule has 2 nitrogen and oxygen atoms in total. The van der Waals surface area contributed by atoms with Crippen LogP contribution in [-0.2, 0) is 0 Å². The highest BCUT2D eigenvalue weighted by atomic mass is 32.2. The molecule has 1 saturated heterocycles. The van der Waals surface area contributed by atoms with Gasteiger partial charge in [0.25, 0.3) is 0 Å². The van der Waals surface area contributed by atoms with Gasteiger partial charge in [0.15, 0.2) is 5.17 Å². The van der Waals surface area contributed by atoms with Gasteiger partial charge < -0.3 is 4.90 Å². The minimum Gasteiger partial charge on any atom is -0.351 e. The van der Waals surface area contributed by atoms with E-state index in [1.54, 1.807) is 0 Å². The number of hydrogen-bond acceptors (Lipinski definition) is 2. The minimum absolute atomic E-state index is 0.592. The van der Waals surface area contributed by atoms with Crippen LogP contribution in [0.3, 0.4) is 0 Å². The van der Waals surface area contributed by atoms with Crippen molar-refractivity contribution in [2.75, 3.05) is 12.8 Å². The zero-order chi connectivity index (χ0) is 11.7. The standard InChI is InChI=1S/C13H18N2S/c1-9-5-6-12(10(2)7-9)14-13-15(4)11(3)8-16-13/h5-7,11H,8H2,1-4H3. The van der Waals surface area contributed by atoms with Gasteiger partial charge in [-0.1, -0.05) is 29.5 Å². The summed E-state index contributed by atoms with van der Waals surface area (Å²) >= 11 is 1.84. The van der Waals surface area contributed by atoms with Crippen LogP contribution in [0.5, 0.6) is 0 Å². The monoisotopic (exact) mass is 234 g/mol. The first kappa shape index (κ1) is 11.5. The topological polar surface area (TPSA) is 15.6 Å². The number of thioether (sulfide) groups is 1. The summed E-state index contributed by atoms with van der Waals surface area (Å²) in [6.45, 7) is 6.47. The van der Waals surface area contributed by atoms with E-state index < -0.39 is 0 Å². The summed E-state index contributed by atoms with van der Waals surface area (Å²) in [5.41, 5.74) is 3.64. The Bertz CT molecular complexity index is 426. The zero-order valence-electron chi connectivity index (χ0n) is 10.3. The van der Waals surface area contributed by atoms with Crippen LogP contribution in [0.2, 0.25) is 0 Å². The highest BCUT2D eigenvalue weighted by Gasteiger charge is 2.22. The summed E-state index contributed by atoms with van der Waals surface area (Å²) in [7, 11) is 2.12. The molecule has 86 valence electrons. The summed E-state index contributed by atoms with van der Waals surface area (Å²) < 4.78 is 0. The Hall–Kier alpha value is -0.960. The highest BCUT2D eigenvalue weighted by molar-refractivity contribution is 8.14. The van der Waals surface area contributed by atoms with E-state index >= 15 is 0 Å². The molecule has 0 amide bonds. The lowest BCUT2D eigenvalue weighted by molar-refractivity contribution is 0.443. The Morgan fingerprint density at radius 1 is 1.38 bits per heavy atom. The van der Waals surface area contributed by atoms with Crippen LogP contribution in [0.1, 0.15) is 18.1 Å². The third kappa shape index (κ3) is 2.24. The van der Waals surface area contributed by atoms with Crippen molar-refractivity contribution in [3.63, 3.8) is 0 Å². The second-order valence-electron chi connectivity index (χ2n) is 4.46. The normalized spacial score (nSPS) is 23.1. The fraction of sp³-hybridized carbons (Fsp3) is 0.462. The molecule has 1 aliphatic rings. The van der Waals surface area contributed by atoms with Gasteiger partial charge in [-0.25, -0.2) is 4.99 Å². The number of nitrogens with zero attached hydrogens (tertiary/aromatic N) is 2. The summed E-state index contributed by atoms with van der Waals surface area (Å²) in [6.07, 6.45) is 0. The van der Waals surface area contributed by atoms with Gasteiger partial charge >= 0.3 is 0 Å². The second kappa shape index (κ2) is 4.50. The Morgan fingerprint density at radius 2 is 2.12 bits per heavy atom. The average molecular weight is 234 g/mol. The van der Waals surface area contributed by atoms with Gasteiger partial charge in [-0.3, -0.25) is 0 Å². The summed E-state index contributed by atoms with van der Waals surface area (Å²) in [4.78, 5) is 6.99. The molecule has 0 aliphatic carbocycles.